The molecule has 2 aromatic heterocycles. The lowest BCUT2D eigenvalue weighted by Crippen LogP contribution is -2.48. The summed E-state index contributed by atoms with van der Waals surface area (Å²) in [5.74, 6) is -16.2. The highest BCUT2D eigenvalue weighted by Gasteiger charge is 2.80. The van der Waals surface area contributed by atoms with Crippen molar-refractivity contribution in [1.29, 1.82) is 0 Å². The van der Waals surface area contributed by atoms with Crippen molar-refractivity contribution in [3.8, 4) is 32.4 Å². The predicted octanol–water partition coefficient (Wildman–Crippen LogP) is 9.00. The molecule has 0 spiro atoms. The largest absolute Gasteiger partial charge is 0.508 e. The van der Waals surface area contributed by atoms with Crippen LogP contribution in [-0.4, -0.2) is 28.0 Å². The number of alkyl halides is 6. The van der Waals surface area contributed by atoms with Crippen molar-refractivity contribution in [2.24, 2.45) is 0 Å². The molecule has 1 aliphatic rings. The standard InChI is InChI=1S/C27H18F6O2S2/c1-13-19(11-21(36-13)15-5-3-7-17(34)9-15)23-24(26(30,31)27(32,33)25(23,28)29)20-12-22(37-14(20)2)16-6-4-8-18(35)10-16/h3-12,34-35H,1-2H3. The first kappa shape index (κ1) is 25.4. The van der Waals surface area contributed by atoms with E-state index in [1.165, 1.54) is 62.4 Å². The van der Waals surface area contributed by atoms with Gasteiger partial charge in [0, 0.05) is 30.7 Å². The van der Waals surface area contributed by atoms with E-state index in [0.717, 1.165) is 22.7 Å². The Morgan fingerprint density at radius 2 is 0.973 bits per heavy atom. The van der Waals surface area contributed by atoms with E-state index in [0.29, 0.717) is 20.9 Å². The summed E-state index contributed by atoms with van der Waals surface area (Å²) in [5, 5.41) is 19.6. The Labute approximate surface area is 215 Å². The minimum Gasteiger partial charge on any atom is -0.508 e. The molecule has 2 nitrogen and oxygen atoms in total. The summed E-state index contributed by atoms with van der Waals surface area (Å²) in [6.07, 6.45) is 0. The number of rotatable bonds is 4. The lowest BCUT2D eigenvalue weighted by Gasteiger charge is -2.25. The molecule has 0 aliphatic heterocycles. The molecule has 10 heteroatoms. The molecule has 4 aromatic rings. The van der Waals surface area contributed by atoms with Crippen LogP contribution in [0.25, 0.3) is 32.0 Å². The molecule has 2 heterocycles. The zero-order valence-electron chi connectivity index (χ0n) is 19.3. The number of phenolic OH excluding ortho intramolecular Hbond substituents is 2. The van der Waals surface area contributed by atoms with E-state index in [1.54, 1.807) is 12.1 Å². The minimum atomic E-state index is -5.66. The zero-order chi connectivity index (χ0) is 26.9. The zero-order valence-corrected chi connectivity index (χ0v) is 20.9. The molecule has 2 N–H and O–H groups in total. The van der Waals surface area contributed by atoms with Crippen molar-refractivity contribution in [3.63, 3.8) is 0 Å². The van der Waals surface area contributed by atoms with Gasteiger partial charge in [0.05, 0.1) is 0 Å². The van der Waals surface area contributed by atoms with Crippen molar-refractivity contribution < 1.29 is 36.6 Å². The number of hydrogen-bond acceptors (Lipinski definition) is 4. The molecule has 1 aliphatic carbocycles. The summed E-state index contributed by atoms with van der Waals surface area (Å²) in [5.41, 5.74) is -2.76. The maximum atomic E-state index is 15.3. The van der Waals surface area contributed by atoms with Gasteiger partial charge in [-0.1, -0.05) is 24.3 Å². The highest BCUT2D eigenvalue weighted by Crippen LogP contribution is 2.66. The fourth-order valence-electron chi connectivity index (χ4n) is 4.50. The van der Waals surface area contributed by atoms with Gasteiger partial charge in [0.1, 0.15) is 11.5 Å². The third kappa shape index (κ3) is 3.76. The second kappa shape index (κ2) is 8.39. The van der Waals surface area contributed by atoms with Crippen molar-refractivity contribution in [1.82, 2.24) is 0 Å². The second-order valence-corrected chi connectivity index (χ2v) is 11.2. The normalized spacial score (nSPS) is 17.9. The molecule has 0 atom stereocenters. The van der Waals surface area contributed by atoms with Crippen molar-refractivity contribution >= 4 is 33.8 Å². The van der Waals surface area contributed by atoms with Gasteiger partial charge >= 0.3 is 17.8 Å². The Morgan fingerprint density at radius 1 is 0.595 bits per heavy atom. The number of phenols is 2. The van der Waals surface area contributed by atoms with E-state index in [1.807, 2.05) is 0 Å². The number of allylic oxidation sites excluding steroid dienone is 2. The van der Waals surface area contributed by atoms with Gasteiger partial charge in [-0.3, -0.25) is 0 Å². The Morgan fingerprint density at radius 3 is 1.32 bits per heavy atom. The molecule has 0 radical (unpaired) electrons. The van der Waals surface area contributed by atoms with E-state index < -0.39 is 40.0 Å². The number of aromatic hydroxyl groups is 2. The topological polar surface area (TPSA) is 40.5 Å². The molecule has 0 bridgehead atoms. The molecule has 192 valence electrons. The van der Waals surface area contributed by atoms with Gasteiger partial charge in [0.25, 0.3) is 0 Å². The Bertz CT molecular complexity index is 1450. The first-order valence-corrected chi connectivity index (χ1v) is 12.6. The molecule has 0 saturated heterocycles. The number of thiophene rings is 2. The Kier molecular flexibility index (Phi) is 5.76. The van der Waals surface area contributed by atoms with Gasteiger partial charge in [-0.05, 0) is 72.5 Å². The number of halogens is 6. The molecule has 2 aromatic carbocycles. The molecule has 0 unspecified atom stereocenters. The van der Waals surface area contributed by atoms with Crippen molar-refractivity contribution in [2.75, 3.05) is 0 Å². The molecule has 0 fully saturated rings. The minimum absolute atomic E-state index is 0.0948. The summed E-state index contributed by atoms with van der Waals surface area (Å²) in [7, 11) is 0. The fraction of sp³-hybridized carbons (Fsp3) is 0.185. The Balaban J connectivity index is 1.78. The van der Waals surface area contributed by atoms with E-state index in [9.17, 15) is 19.0 Å². The van der Waals surface area contributed by atoms with Gasteiger partial charge in [-0.15, -0.1) is 22.7 Å². The van der Waals surface area contributed by atoms with Crippen LogP contribution in [0.15, 0.2) is 60.7 Å². The molecule has 5 rings (SSSR count). The van der Waals surface area contributed by atoms with Crippen LogP contribution < -0.4 is 0 Å². The number of aryl methyl sites for hydroxylation is 2. The molecular weight excluding hydrogens is 534 g/mol. The average molecular weight is 553 g/mol. The lowest BCUT2D eigenvalue weighted by molar-refractivity contribution is -0.254. The monoisotopic (exact) mass is 552 g/mol. The number of hydrogen-bond donors (Lipinski definition) is 2. The van der Waals surface area contributed by atoms with E-state index >= 15 is 17.6 Å². The van der Waals surface area contributed by atoms with Crippen molar-refractivity contribution in [3.05, 3.63) is 81.5 Å². The smallest absolute Gasteiger partial charge is 0.380 e. The van der Waals surface area contributed by atoms with Crippen LogP contribution in [-0.2, 0) is 0 Å². The summed E-state index contributed by atoms with van der Waals surface area (Å²) >= 11 is 1.95. The van der Waals surface area contributed by atoms with Gasteiger partial charge in [-0.2, -0.15) is 26.3 Å². The first-order chi connectivity index (χ1) is 17.3. The summed E-state index contributed by atoms with van der Waals surface area (Å²) in [6.45, 7) is 2.81. The van der Waals surface area contributed by atoms with Gasteiger partial charge in [-0.25, -0.2) is 0 Å². The van der Waals surface area contributed by atoms with E-state index in [-0.39, 0.29) is 21.3 Å². The van der Waals surface area contributed by atoms with Gasteiger partial charge < -0.3 is 10.2 Å². The highest BCUT2D eigenvalue weighted by molar-refractivity contribution is 7.16. The highest BCUT2D eigenvalue weighted by atomic mass is 32.1. The summed E-state index contributed by atoms with van der Waals surface area (Å²) in [4.78, 5) is 1.01. The first-order valence-electron chi connectivity index (χ1n) is 10.9. The average Bonchev–Trinajstić information content (AvgIpc) is 3.41. The van der Waals surface area contributed by atoms with Gasteiger partial charge in [0.2, 0.25) is 0 Å². The molecule has 0 saturated carbocycles. The second-order valence-electron chi connectivity index (χ2n) is 8.73. The lowest BCUT2D eigenvalue weighted by atomic mass is 9.94. The van der Waals surface area contributed by atoms with Crippen LogP contribution in [0.4, 0.5) is 26.3 Å². The predicted molar refractivity (Wildman–Crippen MR) is 134 cm³/mol. The van der Waals surface area contributed by atoms with Crippen LogP contribution in [0.5, 0.6) is 11.5 Å². The van der Waals surface area contributed by atoms with Crippen LogP contribution >= 0.6 is 22.7 Å². The maximum Gasteiger partial charge on any atom is 0.380 e. The van der Waals surface area contributed by atoms with Crippen molar-refractivity contribution in [2.45, 2.75) is 31.6 Å². The third-order valence-electron chi connectivity index (χ3n) is 6.30. The SMILES string of the molecule is Cc1sc(-c2cccc(O)c2)cc1C1=C(c2cc(-c3cccc(O)c3)sc2C)C(F)(F)C(F)(F)C1(F)F. The van der Waals surface area contributed by atoms with E-state index in [2.05, 4.69) is 0 Å². The van der Waals surface area contributed by atoms with Crippen LogP contribution in [0.2, 0.25) is 0 Å². The van der Waals surface area contributed by atoms with Crippen LogP contribution in [0, 0.1) is 13.8 Å². The maximum absolute atomic E-state index is 15.3. The molecular formula is C27H18F6O2S2. The van der Waals surface area contributed by atoms with E-state index in [4.69, 9.17) is 0 Å². The quantitative estimate of drug-likeness (QED) is 0.248. The number of benzene rings is 2. The van der Waals surface area contributed by atoms with Gasteiger partial charge in [0.15, 0.2) is 0 Å². The fourth-order valence-corrected chi connectivity index (χ4v) is 6.54. The van der Waals surface area contributed by atoms with Crippen LogP contribution in [0.1, 0.15) is 20.9 Å². The summed E-state index contributed by atoms with van der Waals surface area (Å²) < 4.78 is 90.9. The molecule has 0 amide bonds. The molecule has 37 heavy (non-hydrogen) atoms. The Hall–Kier alpha value is -3.24. The van der Waals surface area contributed by atoms with Crippen LogP contribution in [0.3, 0.4) is 0 Å². The third-order valence-corrected chi connectivity index (χ3v) is 8.50. The summed E-state index contributed by atoms with van der Waals surface area (Å²) in [6, 6.07) is 14.1.